The molecule has 0 amide bonds. The van der Waals surface area contributed by atoms with E-state index in [0.29, 0.717) is 10.9 Å². The van der Waals surface area contributed by atoms with Crippen molar-refractivity contribution in [3.8, 4) is 0 Å². The lowest BCUT2D eigenvalue weighted by molar-refractivity contribution is 0.0690. The maximum atomic E-state index is 10.9. The minimum atomic E-state index is -1.07. The van der Waals surface area contributed by atoms with Gasteiger partial charge in [0.15, 0.2) is 5.69 Å². The van der Waals surface area contributed by atoms with Gasteiger partial charge in [-0.3, -0.25) is 4.68 Å². The van der Waals surface area contributed by atoms with Crippen LogP contribution in [0.15, 0.2) is 0 Å². The summed E-state index contributed by atoms with van der Waals surface area (Å²) < 4.78 is 1.60. The molecule has 1 aromatic heterocycles. The molecule has 16 heavy (non-hydrogen) atoms. The number of halogens is 1. The molecule has 1 aromatic rings. The van der Waals surface area contributed by atoms with E-state index in [1.54, 1.807) is 11.7 Å². The van der Waals surface area contributed by atoms with Crippen molar-refractivity contribution in [2.45, 2.75) is 18.8 Å². The quantitative estimate of drug-likeness (QED) is 0.820. The highest BCUT2D eigenvalue weighted by Gasteiger charge is 2.26. The van der Waals surface area contributed by atoms with Gasteiger partial charge < -0.3 is 10.4 Å². The number of hydrogen-bond donors (Lipinski definition) is 2. The Labute approximate surface area is 98.4 Å². The Kier molecular flexibility index (Phi) is 3.16. The van der Waals surface area contributed by atoms with Gasteiger partial charge in [0, 0.05) is 13.0 Å². The summed E-state index contributed by atoms with van der Waals surface area (Å²) in [4.78, 5) is 10.9. The summed E-state index contributed by atoms with van der Waals surface area (Å²) in [5, 5.41) is 16.4. The normalized spacial score (nSPS) is 17.6. The van der Waals surface area contributed by atoms with E-state index in [2.05, 4.69) is 10.4 Å². The molecule has 6 heteroatoms. The highest BCUT2D eigenvalue weighted by atomic mass is 35.5. The van der Waals surface area contributed by atoms with Gasteiger partial charge in [-0.25, -0.2) is 4.79 Å². The summed E-state index contributed by atoms with van der Waals surface area (Å²) in [5.74, 6) is -0.764. The number of carboxylic acid groups (broad SMARTS) is 1. The topological polar surface area (TPSA) is 67.2 Å². The van der Waals surface area contributed by atoms with Gasteiger partial charge in [0.05, 0.1) is 10.7 Å². The fourth-order valence-corrected chi connectivity index (χ4v) is 2.58. The van der Waals surface area contributed by atoms with E-state index in [1.165, 1.54) is 0 Å². The Bertz CT molecular complexity index is 410. The minimum Gasteiger partial charge on any atom is -0.476 e. The standard InChI is InChI=1S/C10H14ClN3O2/c1-14-9(6-2-4-12-5-3-6)7(11)8(13-14)10(15)16/h6,12H,2-5H2,1H3,(H,15,16). The van der Waals surface area contributed by atoms with Crippen molar-refractivity contribution >= 4 is 17.6 Å². The number of aromatic carboxylic acids is 1. The molecule has 0 radical (unpaired) electrons. The van der Waals surface area contributed by atoms with Gasteiger partial charge in [0.2, 0.25) is 0 Å². The molecule has 0 spiro atoms. The van der Waals surface area contributed by atoms with Crippen LogP contribution in [-0.2, 0) is 7.05 Å². The minimum absolute atomic E-state index is 0.0438. The number of carboxylic acids is 1. The largest absolute Gasteiger partial charge is 0.476 e. The van der Waals surface area contributed by atoms with Crippen molar-refractivity contribution in [1.82, 2.24) is 15.1 Å². The Balaban J connectivity index is 2.36. The molecular weight excluding hydrogens is 230 g/mol. The molecule has 0 atom stereocenters. The summed E-state index contributed by atoms with van der Waals surface area (Å²) in [6.45, 7) is 1.88. The Morgan fingerprint density at radius 2 is 2.19 bits per heavy atom. The summed E-state index contributed by atoms with van der Waals surface area (Å²) >= 11 is 6.07. The van der Waals surface area contributed by atoms with E-state index >= 15 is 0 Å². The van der Waals surface area contributed by atoms with Crippen LogP contribution < -0.4 is 5.32 Å². The second-order valence-corrected chi connectivity index (χ2v) is 4.38. The van der Waals surface area contributed by atoms with Gasteiger partial charge >= 0.3 is 5.97 Å². The zero-order chi connectivity index (χ0) is 11.7. The molecule has 2 N–H and O–H groups in total. The Hall–Kier alpha value is -1.07. The third kappa shape index (κ3) is 1.92. The van der Waals surface area contributed by atoms with Crippen LogP contribution in [0.25, 0.3) is 0 Å². The number of piperidine rings is 1. The zero-order valence-electron chi connectivity index (χ0n) is 9.03. The van der Waals surface area contributed by atoms with Crippen LogP contribution in [0.5, 0.6) is 0 Å². The van der Waals surface area contributed by atoms with Crippen LogP contribution in [0, 0.1) is 0 Å². The van der Waals surface area contributed by atoms with Crippen molar-refractivity contribution in [2.24, 2.45) is 7.05 Å². The zero-order valence-corrected chi connectivity index (χ0v) is 9.79. The van der Waals surface area contributed by atoms with Crippen molar-refractivity contribution in [2.75, 3.05) is 13.1 Å². The van der Waals surface area contributed by atoms with E-state index in [9.17, 15) is 4.79 Å². The van der Waals surface area contributed by atoms with Gasteiger partial charge in [-0.15, -0.1) is 0 Å². The van der Waals surface area contributed by atoms with E-state index in [0.717, 1.165) is 31.6 Å². The molecule has 0 unspecified atom stereocenters. The van der Waals surface area contributed by atoms with Crippen LogP contribution in [0.3, 0.4) is 0 Å². The number of nitrogens with zero attached hydrogens (tertiary/aromatic N) is 2. The van der Waals surface area contributed by atoms with E-state index in [-0.39, 0.29) is 5.69 Å². The summed E-state index contributed by atoms with van der Waals surface area (Å²) in [7, 11) is 1.75. The number of hydrogen-bond acceptors (Lipinski definition) is 3. The molecule has 2 heterocycles. The number of rotatable bonds is 2. The van der Waals surface area contributed by atoms with Gasteiger partial charge in [-0.1, -0.05) is 11.6 Å². The van der Waals surface area contributed by atoms with Crippen LogP contribution in [0.1, 0.15) is 34.9 Å². The molecule has 0 aromatic carbocycles. The summed E-state index contributed by atoms with van der Waals surface area (Å²) in [6, 6.07) is 0. The first-order valence-electron chi connectivity index (χ1n) is 5.27. The SMILES string of the molecule is Cn1nc(C(=O)O)c(Cl)c1C1CCNCC1. The number of aromatic nitrogens is 2. The molecule has 1 saturated heterocycles. The highest BCUT2D eigenvalue weighted by molar-refractivity contribution is 6.34. The molecule has 0 bridgehead atoms. The van der Waals surface area contributed by atoms with Crippen LogP contribution in [0.2, 0.25) is 5.02 Å². The Morgan fingerprint density at radius 1 is 1.56 bits per heavy atom. The van der Waals surface area contributed by atoms with Gasteiger partial charge in [0.1, 0.15) is 0 Å². The van der Waals surface area contributed by atoms with Gasteiger partial charge in [-0.05, 0) is 25.9 Å². The predicted molar refractivity (Wildman–Crippen MR) is 60.0 cm³/mol. The average Bonchev–Trinajstić information content (AvgIpc) is 2.56. The average molecular weight is 244 g/mol. The third-order valence-electron chi connectivity index (χ3n) is 2.96. The molecule has 88 valence electrons. The molecule has 5 nitrogen and oxygen atoms in total. The number of nitrogens with one attached hydrogen (secondary N) is 1. The first kappa shape index (κ1) is 11.4. The van der Waals surface area contributed by atoms with Crippen molar-refractivity contribution in [1.29, 1.82) is 0 Å². The summed E-state index contributed by atoms with van der Waals surface area (Å²) in [6.07, 6.45) is 1.94. The van der Waals surface area contributed by atoms with E-state index < -0.39 is 5.97 Å². The monoisotopic (exact) mass is 243 g/mol. The lowest BCUT2D eigenvalue weighted by Crippen LogP contribution is -2.27. The second kappa shape index (κ2) is 4.43. The van der Waals surface area contributed by atoms with Gasteiger partial charge in [-0.2, -0.15) is 5.10 Å². The van der Waals surface area contributed by atoms with Crippen LogP contribution in [0.4, 0.5) is 0 Å². The fourth-order valence-electron chi connectivity index (χ4n) is 2.19. The molecule has 1 fully saturated rings. The lowest BCUT2D eigenvalue weighted by Gasteiger charge is -2.22. The molecular formula is C10H14ClN3O2. The van der Waals surface area contributed by atoms with Crippen LogP contribution >= 0.6 is 11.6 Å². The molecule has 1 aliphatic heterocycles. The molecule has 2 rings (SSSR count). The second-order valence-electron chi connectivity index (χ2n) is 4.00. The third-order valence-corrected chi connectivity index (χ3v) is 3.33. The predicted octanol–water partition coefficient (Wildman–Crippen LogP) is 1.24. The van der Waals surface area contributed by atoms with Crippen molar-refractivity contribution in [3.05, 3.63) is 16.4 Å². The maximum Gasteiger partial charge on any atom is 0.357 e. The number of carbonyl (C=O) groups is 1. The van der Waals surface area contributed by atoms with E-state index in [4.69, 9.17) is 16.7 Å². The highest BCUT2D eigenvalue weighted by Crippen LogP contribution is 2.32. The molecule has 1 aliphatic rings. The molecule has 0 aliphatic carbocycles. The van der Waals surface area contributed by atoms with Gasteiger partial charge in [0.25, 0.3) is 0 Å². The van der Waals surface area contributed by atoms with Crippen LogP contribution in [-0.4, -0.2) is 33.9 Å². The molecule has 0 saturated carbocycles. The first-order chi connectivity index (χ1) is 7.61. The maximum absolute atomic E-state index is 10.9. The lowest BCUT2D eigenvalue weighted by atomic mass is 9.94. The van der Waals surface area contributed by atoms with Crippen molar-refractivity contribution < 1.29 is 9.90 Å². The smallest absolute Gasteiger partial charge is 0.357 e. The van der Waals surface area contributed by atoms with E-state index in [1.807, 2.05) is 0 Å². The summed E-state index contributed by atoms with van der Waals surface area (Å²) in [5.41, 5.74) is 0.804. The Morgan fingerprint density at radius 3 is 2.69 bits per heavy atom. The fraction of sp³-hybridized carbons (Fsp3) is 0.600. The van der Waals surface area contributed by atoms with Crippen molar-refractivity contribution in [3.63, 3.8) is 0 Å². The number of aryl methyl sites for hydroxylation is 1. The first-order valence-corrected chi connectivity index (χ1v) is 5.65.